The Labute approximate surface area is 144 Å². The molecule has 0 saturated carbocycles. The Hall–Kier alpha value is -3.05. The van der Waals surface area contributed by atoms with Gasteiger partial charge in [0.25, 0.3) is 0 Å². The summed E-state index contributed by atoms with van der Waals surface area (Å²) in [5.74, 6) is 0.475. The number of aliphatic hydroxyl groups is 1. The molecule has 0 radical (unpaired) electrons. The third-order valence-electron chi connectivity index (χ3n) is 3.64. The first kappa shape index (κ1) is 16.8. The van der Waals surface area contributed by atoms with Crippen LogP contribution in [0.25, 0.3) is 11.3 Å². The fourth-order valence-electron chi connectivity index (χ4n) is 2.31. The molecule has 0 bridgehead atoms. The van der Waals surface area contributed by atoms with Crippen LogP contribution in [0.5, 0.6) is 11.5 Å². The van der Waals surface area contributed by atoms with Crippen LogP contribution < -0.4 is 4.74 Å². The Morgan fingerprint density at radius 2 is 1.60 bits per heavy atom. The highest BCUT2D eigenvalue weighted by Crippen LogP contribution is 2.26. The van der Waals surface area contributed by atoms with E-state index in [1.165, 1.54) is 19.1 Å². The van der Waals surface area contributed by atoms with E-state index in [9.17, 15) is 14.3 Å². The van der Waals surface area contributed by atoms with Gasteiger partial charge >= 0.3 is 0 Å². The average Bonchev–Trinajstić information content (AvgIpc) is 2.63. The van der Waals surface area contributed by atoms with Crippen molar-refractivity contribution < 1.29 is 19.0 Å². The maximum Gasteiger partial charge on any atom is 0.164 e. The molecule has 2 aromatic carbocycles. The smallest absolute Gasteiger partial charge is 0.164 e. The fourth-order valence-corrected chi connectivity index (χ4v) is 2.31. The number of hydrogen-bond acceptors (Lipinski definition) is 4. The number of ether oxygens (including phenoxy) is 1. The van der Waals surface area contributed by atoms with Gasteiger partial charge in [0.1, 0.15) is 17.3 Å². The van der Waals surface area contributed by atoms with E-state index in [4.69, 9.17) is 4.74 Å². The third-order valence-corrected chi connectivity index (χ3v) is 3.64. The number of carbonyl (C=O) groups is 1. The van der Waals surface area contributed by atoms with Crippen molar-refractivity contribution in [2.24, 2.45) is 0 Å². The number of carbonyl (C=O) groups excluding carboxylic acids is 1. The molecule has 3 aromatic rings. The molecule has 0 amide bonds. The summed E-state index contributed by atoms with van der Waals surface area (Å²) >= 11 is 0. The Morgan fingerprint density at radius 1 is 1.00 bits per heavy atom. The molecule has 1 atom stereocenters. The summed E-state index contributed by atoms with van der Waals surface area (Å²) in [6, 6.07) is 18.1. The number of ketones is 1. The van der Waals surface area contributed by atoms with E-state index in [0.717, 1.165) is 5.56 Å². The van der Waals surface area contributed by atoms with Crippen LogP contribution in [0.2, 0.25) is 0 Å². The van der Waals surface area contributed by atoms with Gasteiger partial charge in [-0.05, 0) is 67.6 Å². The number of aromatic nitrogens is 1. The molecule has 3 rings (SSSR count). The second-order valence-electron chi connectivity index (χ2n) is 5.54. The molecule has 0 spiro atoms. The van der Waals surface area contributed by atoms with Crippen LogP contribution in [0.4, 0.5) is 4.39 Å². The highest BCUT2D eigenvalue weighted by Gasteiger charge is 2.14. The van der Waals surface area contributed by atoms with Gasteiger partial charge < -0.3 is 9.84 Å². The summed E-state index contributed by atoms with van der Waals surface area (Å²) in [7, 11) is 0. The summed E-state index contributed by atoms with van der Waals surface area (Å²) in [4.78, 5) is 15.6. The van der Waals surface area contributed by atoms with Crippen molar-refractivity contribution in [1.29, 1.82) is 0 Å². The number of aliphatic hydroxyl groups excluding tert-OH is 1. The van der Waals surface area contributed by atoms with Gasteiger partial charge in [-0.1, -0.05) is 6.07 Å². The van der Waals surface area contributed by atoms with Crippen molar-refractivity contribution >= 4 is 5.78 Å². The number of Topliss-reactive ketones (excluding diaryl/α,β-unsaturated/α-hetero) is 1. The van der Waals surface area contributed by atoms with Crippen molar-refractivity contribution in [2.75, 3.05) is 0 Å². The van der Waals surface area contributed by atoms with Crippen molar-refractivity contribution in [1.82, 2.24) is 4.98 Å². The second kappa shape index (κ2) is 7.23. The van der Waals surface area contributed by atoms with E-state index in [2.05, 4.69) is 4.98 Å². The molecule has 0 aliphatic heterocycles. The minimum atomic E-state index is -1.22. The molecule has 4 nitrogen and oxygen atoms in total. The highest BCUT2D eigenvalue weighted by atomic mass is 19.1. The molecule has 1 N–H and O–H groups in total. The zero-order chi connectivity index (χ0) is 17.8. The van der Waals surface area contributed by atoms with Crippen molar-refractivity contribution in [2.45, 2.75) is 13.0 Å². The normalized spacial score (nSPS) is 11.8. The monoisotopic (exact) mass is 337 g/mol. The molecule has 5 heteroatoms. The number of rotatable bonds is 5. The van der Waals surface area contributed by atoms with Gasteiger partial charge in [0.2, 0.25) is 0 Å². The standard InChI is InChI=1S/C20H16FNO3/c1-13(23)20(24)19-4-2-3-18(22-19)14-5-9-16(10-6-14)25-17-11-7-15(21)8-12-17/h2-12,20,24H,1H3/t20-/m1/s1. The maximum atomic E-state index is 12.9. The van der Waals surface area contributed by atoms with Gasteiger partial charge in [0, 0.05) is 5.56 Å². The lowest BCUT2D eigenvalue weighted by Crippen LogP contribution is -2.09. The molecular formula is C20H16FNO3. The SMILES string of the molecule is CC(=O)[C@@H](O)c1cccc(-c2ccc(Oc3ccc(F)cc3)cc2)n1. The van der Waals surface area contributed by atoms with Gasteiger partial charge in [0.05, 0.1) is 11.4 Å². The van der Waals surface area contributed by atoms with E-state index in [-0.39, 0.29) is 11.6 Å². The first-order valence-electron chi connectivity index (χ1n) is 7.72. The molecule has 126 valence electrons. The van der Waals surface area contributed by atoms with Crippen molar-refractivity contribution in [3.63, 3.8) is 0 Å². The van der Waals surface area contributed by atoms with E-state index in [1.807, 2.05) is 12.1 Å². The van der Waals surface area contributed by atoms with Gasteiger partial charge in [-0.3, -0.25) is 4.79 Å². The molecule has 1 aromatic heterocycles. The number of nitrogens with zero attached hydrogens (tertiary/aromatic N) is 1. The molecule has 0 unspecified atom stereocenters. The Bertz CT molecular complexity index is 876. The first-order chi connectivity index (χ1) is 12.0. The molecule has 0 aliphatic carbocycles. The predicted molar refractivity (Wildman–Crippen MR) is 91.8 cm³/mol. The lowest BCUT2D eigenvalue weighted by molar-refractivity contribution is -0.125. The Kier molecular flexibility index (Phi) is 4.86. The molecular weight excluding hydrogens is 321 g/mol. The van der Waals surface area contributed by atoms with Gasteiger partial charge in [-0.25, -0.2) is 9.37 Å². The zero-order valence-corrected chi connectivity index (χ0v) is 13.5. The summed E-state index contributed by atoms with van der Waals surface area (Å²) in [5.41, 5.74) is 1.78. The quantitative estimate of drug-likeness (QED) is 0.754. The minimum Gasteiger partial charge on any atom is -0.457 e. The largest absolute Gasteiger partial charge is 0.457 e. The van der Waals surface area contributed by atoms with Crippen LogP contribution >= 0.6 is 0 Å². The van der Waals surface area contributed by atoms with Gasteiger partial charge in [-0.15, -0.1) is 0 Å². The third kappa shape index (κ3) is 4.08. The molecule has 0 saturated heterocycles. The highest BCUT2D eigenvalue weighted by molar-refractivity contribution is 5.81. The van der Waals surface area contributed by atoms with Crippen LogP contribution in [0.1, 0.15) is 18.7 Å². The van der Waals surface area contributed by atoms with Crippen molar-refractivity contribution in [3.05, 3.63) is 78.2 Å². The first-order valence-corrected chi connectivity index (χ1v) is 7.72. The summed E-state index contributed by atoms with van der Waals surface area (Å²) in [5, 5.41) is 9.84. The minimum absolute atomic E-state index is 0.316. The molecule has 0 fully saturated rings. The fraction of sp³-hybridized carbons (Fsp3) is 0.100. The summed E-state index contributed by atoms with van der Waals surface area (Å²) < 4.78 is 18.5. The van der Waals surface area contributed by atoms with E-state index < -0.39 is 6.10 Å². The number of halogens is 1. The van der Waals surface area contributed by atoms with E-state index in [1.54, 1.807) is 42.5 Å². The van der Waals surface area contributed by atoms with Gasteiger partial charge in [0.15, 0.2) is 11.9 Å². The second-order valence-corrected chi connectivity index (χ2v) is 5.54. The number of benzene rings is 2. The molecule has 1 heterocycles. The van der Waals surface area contributed by atoms with E-state index >= 15 is 0 Å². The van der Waals surface area contributed by atoms with Crippen molar-refractivity contribution in [3.8, 4) is 22.8 Å². The number of pyridine rings is 1. The Morgan fingerprint density at radius 3 is 2.20 bits per heavy atom. The van der Waals surface area contributed by atoms with Crippen LogP contribution in [0.15, 0.2) is 66.7 Å². The van der Waals surface area contributed by atoms with Crippen LogP contribution in [-0.2, 0) is 4.79 Å². The summed E-state index contributed by atoms with van der Waals surface area (Å²) in [6.45, 7) is 1.32. The lowest BCUT2D eigenvalue weighted by Gasteiger charge is -2.09. The summed E-state index contributed by atoms with van der Waals surface area (Å²) in [6.07, 6.45) is -1.22. The van der Waals surface area contributed by atoms with Crippen LogP contribution in [-0.4, -0.2) is 15.9 Å². The number of hydrogen-bond donors (Lipinski definition) is 1. The van der Waals surface area contributed by atoms with E-state index in [0.29, 0.717) is 22.9 Å². The maximum absolute atomic E-state index is 12.9. The average molecular weight is 337 g/mol. The van der Waals surface area contributed by atoms with Crippen LogP contribution in [0.3, 0.4) is 0 Å². The van der Waals surface area contributed by atoms with Crippen LogP contribution in [0, 0.1) is 5.82 Å². The van der Waals surface area contributed by atoms with Gasteiger partial charge in [-0.2, -0.15) is 0 Å². The lowest BCUT2D eigenvalue weighted by atomic mass is 10.1. The topological polar surface area (TPSA) is 59.4 Å². The molecule has 0 aliphatic rings. The zero-order valence-electron chi connectivity index (χ0n) is 13.5. The Balaban J connectivity index is 1.79. The predicted octanol–water partition coefficient (Wildman–Crippen LogP) is 4.30. The molecule has 25 heavy (non-hydrogen) atoms.